The summed E-state index contributed by atoms with van der Waals surface area (Å²) in [5, 5.41) is 3.42. The molecule has 2 heteroatoms. The van der Waals surface area contributed by atoms with Crippen LogP contribution in [-0.4, -0.2) is 6.54 Å². The first-order chi connectivity index (χ1) is 10.4. The van der Waals surface area contributed by atoms with Gasteiger partial charge in [0.25, 0.3) is 0 Å². The van der Waals surface area contributed by atoms with E-state index in [1.807, 2.05) is 0 Å². The minimum absolute atomic E-state index is 0.997. The molecule has 0 saturated carbocycles. The maximum atomic E-state index is 3.42. The van der Waals surface area contributed by atoms with E-state index in [0.29, 0.717) is 0 Å². The number of nitrogens with zero attached hydrogens (tertiary/aromatic N) is 1. The Bertz CT molecular complexity index is 577. The highest BCUT2D eigenvalue weighted by Gasteiger charge is 2.12. The second-order valence-electron chi connectivity index (χ2n) is 5.82. The molecule has 0 radical (unpaired) electrons. The van der Waals surface area contributed by atoms with E-state index >= 15 is 0 Å². The Labute approximate surface area is 127 Å². The van der Waals surface area contributed by atoms with Crippen molar-refractivity contribution in [2.45, 2.75) is 39.4 Å². The van der Waals surface area contributed by atoms with Crippen LogP contribution < -0.4 is 10.2 Å². The molecular weight excluding hydrogens is 256 g/mol. The fraction of sp³-hybridized carbons (Fsp3) is 0.368. The summed E-state index contributed by atoms with van der Waals surface area (Å²) in [5.41, 5.74) is 5.66. The molecule has 21 heavy (non-hydrogen) atoms. The van der Waals surface area contributed by atoms with Crippen LogP contribution in [0, 0.1) is 0 Å². The highest BCUT2D eigenvalue weighted by atomic mass is 15.1. The van der Waals surface area contributed by atoms with Crippen molar-refractivity contribution >= 4 is 5.69 Å². The number of anilines is 1. The average Bonchev–Trinajstić information content (AvgIpc) is 3.00. The molecule has 0 aliphatic carbocycles. The number of nitrogens with one attached hydrogen (secondary N) is 1. The Morgan fingerprint density at radius 2 is 1.81 bits per heavy atom. The summed E-state index contributed by atoms with van der Waals surface area (Å²) >= 11 is 0. The molecule has 0 atom stereocenters. The molecule has 0 fully saturated rings. The zero-order valence-electron chi connectivity index (χ0n) is 12.8. The van der Waals surface area contributed by atoms with E-state index in [4.69, 9.17) is 0 Å². The van der Waals surface area contributed by atoms with E-state index in [2.05, 4.69) is 65.7 Å². The van der Waals surface area contributed by atoms with E-state index in [9.17, 15) is 0 Å². The lowest BCUT2D eigenvalue weighted by Crippen LogP contribution is -2.23. The zero-order valence-corrected chi connectivity index (χ0v) is 12.8. The summed E-state index contributed by atoms with van der Waals surface area (Å²) in [5.74, 6) is 0. The van der Waals surface area contributed by atoms with Crippen molar-refractivity contribution in [3.63, 3.8) is 0 Å². The zero-order chi connectivity index (χ0) is 14.5. The molecule has 1 aliphatic rings. The van der Waals surface area contributed by atoms with Gasteiger partial charge in [0.1, 0.15) is 0 Å². The lowest BCUT2D eigenvalue weighted by Gasteiger charge is -2.25. The number of hydrogen-bond acceptors (Lipinski definition) is 2. The Morgan fingerprint density at radius 3 is 2.62 bits per heavy atom. The van der Waals surface area contributed by atoms with Crippen LogP contribution in [0.15, 0.2) is 48.5 Å². The first-order valence-electron chi connectivity index (χ1n) is 7.98. The summed E-state index contributed by atoms with van der Waals surface area (Å²) in [6, 6.07) is 17.7. The van der Waals surface area contributed by atoms with Gasteiger partial charge in [0.05, 0.1) is 0 Å². The normalized spacial score (nSPS) is 13.2. The van der Waals surface area contributed by atoms with Gasteiger partial charge in [-0.15, -0.1) is 0 Å². The van der Waals surface area contributed by atoms with E-state index < -0.39 is 0 Å². The fourth-order valence-corrected chi connectivity index (χ4v) is 2.95. The van der Waals surface area contributed by atoms with Gasteiger partial charge in [-0.3, -0.25) is 0 Å². The number of fused-ring (bicyclic) bond motifs is 1. The number of hydrogen-bond donors (Lipinski definition) is 1. The van der Waals surface area contributed by atoms with Crippen LogP contribution in [0.1, 0.15) is 36.5 Å². The molecule has 2 aromatic carbocycles. The van der Waals surface area contributed by atoms with Gasteiger partial charge in [-0.1, -0.05) is 49.7 Å². The average molecular weight is 280 g/mol. The summed E-state index contributed by atoms with van der Waals surface area (Å²) in [7, 11) is 0. The van der Waals surface area contributed by atoms with Crippen molar-refractivity contribution in [2.75, 3.05) is 11.4 Å². The second-order valence-corrected chi connectivity index (χ2v) is 5.82. The van der Waals surface area contributed by atoms with Gasteiger partial charge in [0.2, 0.25) is 0 Å². The van der Waals surface area contributed by atoms with Gasteiger partial charge < -0.3 is 10.2 Å². The van der Waals surface area contributed by atoms with E-state index in [1.165, 1.54) is 35.2 Å². The van der Waals surface area contributed by atoms with Gasteiger partial charge in [-0.25, -0.2) is 0 Å². The van der Waals surface area contributed by atoms with Crippen LogP contribution in [0.3, 0.4) is 0 Å². The molecule has 1 heterocycles. The summed E-state index contributed by atoms with van der Waals surface area (Å²) < 4.78 is 0. The predicted molar refractivity (Wildman–Crippen MR) is 89.4 cm³/mol. The molecule has 1 N–H and O–H groups in total. The molecule has 2 aromatic rings. The van der Waals surface area contributed by atoms with Gasteiger partial charge in [-0.05, 0) is 35.2 Å². The molecule has 0 unspecified atom stereocenters. The van der Waals surface area contributed by atoms with Crippen molar-refractivity contribution in [3.05, 3.63) is 65.2 Å². The van der Waals surface area contributed by atoms with E-state index in [0.717, 1.165) is 26.2 Å². The van der Waals surface area contributed by atoms with Crippen molar-refractivity contribution in [1.29, 1.82) is 0 Å². The molecule has 110 valence electrons. The van der Waals surface area contributed by atoms with Gasteiger partial charge in [-0.2, -0.15) is 0 Å². The monoisotopic (exact) mass is 280 g/mol. The molecule has 2 nitrogen and oxygen atoms in total. The lowest BCUT2D eigenvalue weighted by molar-refractivity contribution is 0.715. The number of para-hydroxylation sites is 1. The standard InChI is InChI=1S/C19H24N2/c1-2-3-11-21(19-7-5-4-6-8-19)15-16-9-10-17-13-20-14-18(17)12-16/h4-10,12,20H,2-3,11,13-15H2,1H3. The summed E-state index contributed by atoms with van der Waals surface area (Å²) in [4.78, 5) is 2.49. The summed E-state index contributed by atoms with van der Waals surface area (Å²) in [6.07, 6.45) is 2.47. The molecule has 0 amide bonds. The number of rotatable bonds is 6. The third-order valence-electron chi connectivity index (χ3n) is 4.18. The first kappa shape index (κ1) is 14.2. The Hall–Kier alpha value is -1.80. The maximum Gasteiger partial charge on any atom is 0.0429 e. The highest BCUT2D eigenvalue weighted by molar-refractivity contribution is 5.47. The maximum absolute atomic E-state index is 3.42. The van der Waals surface area contributed by atoms with Crippen LogP contribution in [-0.2, 0) is 19.6 Å². The third-order valence-corrected chi connectivity index (χ3v) is 4.18. The van der Waals surface area contributed by atoms with Crippen molar-refractivity contribution in [3.8, 4) is 0 Å². The highest BCUT2D eigenvalue weighted by Crippen LogP contribution is 2.21. The van der Waals surface area contributed by atoms with Gasteiger partial charge >= 0.3 is 0 Å². The lowest BCUT2D eigenvalue weighted by atomic mass is 10.1. The Morgan fingerprint density at radius 1 is 1.00 bits per heavy atom. The molecule has 0 saturated heterocycles. The van der Waals surface area contributed by atoms with E-state index in [-0.39, 0.29) is 0 Å². The van der Waals surface area contributed by atoms with Gasteiger partial charge in [0.15, 0.2) is 0 Å². The van der Waals surface area contributed by atoms with Crippen molar-refractivity contribution in [2.24, 2.45) is 0 Å². The summed E-state index contributed by atoms with van der Waals surface area (Å²) in [6.45, 7) is 6.41. The predicted octanol–water partition coefficient (Wildman–Crippen LogP) is 4.10. The number of benzene rings is 2. The van der Waals surface area contributed by atoms with Crippen LogP contribution in [0.5, 0.6) is 0 Å². The van der Waals surface area contributed by atoms with Crippen molar-refractivity contribution in [1.82, 2.24) is 5.32 Å². The topological polar surface area (TPSA) is 15.3 Å². The largest absolute Gasteiger partial charge is 0.367 e. The molecule has 0 aromatic heterocycles. The molecule has 0 spiro atoms. The number of unbranched alkanes of at least 4 members (excludes halogenated alkanes) is 1. The second kappa shape index (κ2) is 6.77. The molecule has 1 aliphatic heterocycles. The smallest absolute Gasteiger partial charge is 0.0429 e. The minimum atomic E-state index is 0.997. The Balaban J connectivity index is 1.77. The molecule has 3 rings (SSSR count). The van der Waals surface area contributed by atoms with Crippen LogP contribution in [0.2, 0.25) is 0 Å². The fourth-order valence-electron chi connectivity index (χ4n) is 2.95. The van der Waals surface area contributed by atoms with E-state index in [1.54, 1.807) is 0 Å². The third kappa shape index (κ3) is 3.45. The minimum Gasteiger partial charge on any atom is -0.367 e. The molecular formula is C19H24N2. The van der Waals surface area contributed by atoms with Crippen LogP contribution in [0.25, 0.3) is 0 Å². The quantitative estimate of drug-likeness (QED) is 0.857. The first-order valence-corrected chi connectivity index (χ1v) is 7.98. The Kier molecular flexibility index (Phi) is 4.56. The van der Waals surface area contributed by atoms with Gasteiger partial charge in [0, 0.05) is 31.9 Å². The van der Waals surface area contributed by atoms with Crippen LogP contribution in [0.4, 0.5) is 5.69 Å². The van der Waals surface area contributed by atoms with Crippen LogP contribution >= 0.6 is 0 Å². The SMILES string of the molecule is CCCCN(Cc1ccc2c(c1)CNC2)c1ccccc1. The molecule has 0 bridgehead atoms. The van der Waals surface area contributed by atoms with Crippen molar-refractivity contribution < 1.29 is 0 Å².